The standard InChI is InChI=1S/C8H5F10N/c1-2-3-4(9)5(10,11)6(12,13)7(14,15)8(16,17)19(4)18/h2H,1,3H2. The van der Waals surface area contributed by atoms with Gasteiger partial charge in [0.05, 0.1) is 0 Å². The molecular weight excluding hydrogens is 300 g/mol. The summed E-state index contributed by atoms with van der Waals surface area (Å²) in [5.41, 5.74) is 0. The lowest BCUT2D eigenvalue weighted by molar-refractivity contribution is -0.513. The fourth-order valence-electron chi connectivity index (χ4n) is 1.50. The monoisotopic (exact) mass is 305 g/mol. The Bertz CT molecular complexity index is 391. The average molecular weight is 305 g/mol. The first-order valence-electron chi connectivity index (χ1n) is 4.49. The fourth-order valence-corrected chi connectivity index (χ4v) is 1.50. The van der Waals surface area contributed by atoms with E-state index in [1.165, 1.54) is 0 Å². The average Bonchev–Trinajstić information content (AvgIpc) is 2.25. The number of piperidine rings is 1. The van der Waals surface area contributed by atoms with Crippen molar-refractivity contribution >= 4 is 0 Å². The van der Waals surface area contributed by atoms with E-state index in [1.807, 2.05) is 0 Å². The minimum Gasteiger partial charge on any atom is -0.216 e. The molecule has 0 aliphatic carbocycles. The Morgan fingerprint density at radius 1 is 0.789 bits per heavy atom. The molecule has 0 N–H and O–H groups in total. The van der Waals surface area contributed by atoms with Crippen LogP contribution >= 0.6 is 0 Å². The van der Waals surface area contributed by atoms with Gasteiger partial charge < -0.3 is 0 Å². The van der Waals surface area contributed by atoms with E-state index in [9.17, 15) is 44.0 Å². The number of rotatable bonds is 2. The summed E-state index contributed by atoms with van der Waals surface area (Å²) in [6.07, 6.45) is -1.98. The molecule has 1 rings (SSSR count). The summed E-state index contributed by atoms with van der Waals surface area (Å²) in [5, 5.41) is -2.88. The van der Waals surface area contributed by atoms with Crippen LogP contribution in [-0.4, -0.2) is 34.7 Å². The molecule has 112 valence electrons. The summed E-state index contributed by atoms with van der Waals surface area (Å²) in [6.45, 7) is 2.59. The van der Waals surface area contributed by atoms with E-state index in [2.05, 4.69) is 6.58 Å². The van der Waals surface area contributed by atoms with Gasteiger partial charge in [0.1, 0.15) is 0 Å². The van der Waals surface area contributed by atoms with Crippen LogP contribution in [0.1, 0.15) is 6.42 Å². The SMILES string of the molecule is C=CCC1(F)N(F)C(F)(F)C(F)(F)C(F)(F)C1(F)F. The highest BCUT2D eigenvalue weighted by atomic mass is 19.4. The maximum atomic E-state index is 13.5. The van der Waals surface area contributed by atoms with Gasteiger partial charge >= 0.3 is 23.8 Å². The summed E-state index contributed by atoms with van der Waals surface area (Å²) in [6, 6.07) is -6.46. The lowest BCUT2D eigenvalue weighted by Gasteiger charge is -2.50. The highest BCUT2D eigenvalue weighted by Crippen LogP contribution is 2.64. The van der Waals surface area contributed by atoms with Gasteiger partial charge in [-0.1, -0.05) is 6.08 Å². The molecule has 1 aliphatic rings. The first-order valence-corrected chi connectivity index (χ1v) is 4.49. The van der Waals surface area contributed by atoms with E-state index in [0.717, 1.165) is 0 Å². The van der Waals surface area contributed by atoms with Crippen molar-refractivity contribution in [3.63, 3.8) is 0 Å². The van der Waals surface area contributed by atoms with Crippen LogP contribution in [0.25, 0.3) is 0 Å². The molecule has 0 amide bonds. The van der Waals surface area contributed by atoms with Crippen molar-refractivity contribution in [1.82, 2.24) is 5.12 Å². The smallest absolute Gasteiger partial charge is 0.216 e. The number of hydrogen-bond donors (Lipinski definition) is 0. The maximum Gasteiger partial charge on any atom is 0.402 e. The molecule has 1 fully saturated rings. The molecule has 19 heavy (non-hydrogen) atoms. The predicted octanol–water partition coefficient (Wildman–Crippen LogP) is 3.93. The van der Waals surface area contributed by atoms with Crippen LogP contribution in [0.5, 0.6) is 0 Å². The van der Waals surface area contributed by atoms with E-state index < -0.39 is 41.1 Å². The molecule has 0 saturated carbocycles. The number of alkyl halides is 9. The van der Waals surface area contributed by atoms with Gasteiger partial charge in [-0.3, -0.25) is 0 Å². The van der Waals surface area contributed by atoms with Gasteiger partial charge in [-0.2, -0.15) is 35.1 Å². The van der Waals surface area contributed by atoms with Crippen molar-refractivity contribution in [2.45, 2.75) is 36.0 Å². The van der Waals surface area contributed by atoms with Gasteiger partial charge in [-0.15, -0.1) is 11.1 Å². The zero-order chi connectivity index (χ0) is 15.5. The summed E-state index contributed by atoms with van der Waals surface area (Å²) in [5.74, 6) is -25.4. The summed E-state index contributed by atoms with van der Waals surface area (Å²) < 4.78 is 129. The third-order valence-electron chi connectivity index (χ3n) is 2.62. The van der Waals surface area contributed by atoms with Crippen molar-refractivity contribution in [3.05, 3.63) is 12.7 Å². The molecule has 0 bridgehead atoms. The van der Waals surface area contributed by atoms with E-state index in [1.54, 1.807) is 0 Å². The molecule has 0 aromatic carbocycles. The Hall–Kier alpha value is -1.00. The number of hydrogen-bond acceptors (Lipinski definition) is 1. The molecule has 11 heteroatoms. The molecule has 1 unspecified atom stereocenters. The van der Waals surface area contributed by atoms with Gasteiger partial charge in [-0.05, 0) is 5.12 Å². The van der Waals surface area contributed by atoms with Crippen molar-refractivity contribution in [2.24, 2.45) is 0 Å². The Morgan fingerprint density at radius 3 is 1.58 bits per heavy atom. The zero-order valence-corrected chi connectivity index (χ0v) is 8.72. The normalized spacial score (nSPS) is 35.9. The van der Waals surface area contributed by atoms with Crippen molar-refractivity contribution in [1.29, 1.82) is 0 Å². The van der Waals surface area contributed by atoms with Crippen molar-refractivity contribution in [2.75, 3.05) is 0 Å². The second-order valence-electron chi connectivity index (χ2n) is 3.80. The topological polar surface area (TPSA) is 3.24 Å². The van der Waals surface area contributed by atoms with Crippen LogP contribution in [0.4, 0.5) is 44.0 Å². The van der Waals surface area contributed by atoms with Gasteiger partial charge in [0.15, 0.2) is 0 Å². The van der Waals surface area contributed by atoms with Crippen molar-refractivity contribution in [3.8, 4) is 0 Å². The Labute approximate surface area is 98.9 Å². The third kappa shape index (κ3) is 1.47. The van der Waals surface area contributed by atoms with E-state index >= 15 is 0 Å². The van der Waals surface area contributed by atoms with E-state index in [0.29, 0.717) is 0 Å². The molecule has 0 aromatic heterocycles. The van der Waals surface area contributed by atoms with Gasteiger partial charge in [0, 0.05) is 6.42 Å². The Morgan fingerprint density at radius 2 is 1.21 bits per heavy atom. The molecule has 1 aliphatic heterocycles. The quantitative estimate of drug-likeness (QED) is 0.323. The van der Waals surface area contributed by atoms with Crippen LogP contribution < -0.4 is 0 Å². The van der Waals surface area contributed by atoms with Crippen LogP contribution in [-0.2, 0) is 0 Å². The molecular formula is C8H5F10N. The molecule has 0 spiro atoms. The summed E-state index contributed by atoms with van der Waals surface area (Å²) >= 11 is 0. The lowest BCUT2D eigenvalue weighted by atomic mass is 9.87. The first-order chi connectivity index (χ1) is 8.22. The van der Waals surface area contributed by atoms with Gasteiger partial charge in [0.25, 0.3) is 5.79 Å². The second-order valence-corrected chi connectivity index (χ2v) is 3.80. The highest BCUT2D eigenvalue weighted by molar-refractivity contribution is 5.16. The van der Waals surface area contributed by atoms with Gasteiger partial charge in [-0.25, -0.2) is 4.39 Å². The molecule has 0 radical (unpaired) electrons. The molecule has 1 atom stereocenters. The maximum absolute atomic E-state index is 13.5. The van der Waals surface area contributed by atoms with Crippen LogP contribution in [0, 0.1) is 0 Å². The summed E-state index contributed by atoms with van der Waals surface area (Å²) in [7, 11) is 0. The van der Waals surface area contributed by atoms with E-state index in [4.69, 9.17) is 0 Å². The minimum absolute atomic E-state index is 0.0795. The fraction of sp³-hybridized carbons (Fsp3) is 0.750. The molecule has 1 saturated heterocycles. The van der Waals surface area contributed by atoms with Crippen LogP contribution in [0.3, 0.4) is 0 Å². The molecule has 1 nitrogen and oxygen atoms in total. The van der Waals surface area contributed by atoms with E-state index in [-0.39, 0.29) is 6.08 Å². The number of nitrogens with zero attached hydrogens (tertiary/aromatic N) is 1. The third-order valence-corrected chi connectivity index (χ3v) is 2.62. The largest absolute Gasteiger partial charge is 0.402 e. The van der Waals surface area contributed by atoms with Crippen LogP contribution in [0.2, 0.25) is 0 Å². The highest BCUT2D eigenvalue weighted by Gasteiger charge is 2.94. The predicted molar refractivity (Wildman–Crippen MR) is 41.4 cm³/mol. The number of halogens is 10. The minimum atomic E-state index is -6.81. The molecule has 1 heterocycles. The van der Waals surface area contributed by atoms with Crippen molar-refractivity contribution < 1.29 is 44.0 Å². The van der Waals surface area contributed by atoms with Gasteiger partial charge in [0.2, 0.25) is 0 Å². The second kappa shape index (κ2) is 3.76. The van der Waals surface area contributed by atoms with Crippen LogP contribution in [0.15, 0.2) is 12.7 Å². The Balaban J connectivity index is 3.61. The summed E-state index contributed by atoms with van der Waals surface area (Å²) in [4.78, 5) is 0. The first kappa shape index (κ1) is 16.1. The lowest BCUT2D eigenvalue weighted by Crippen LogP contribution is -2.81. The zero-order valence-electron chi connectivity index (χ0n) is 8.72. The Kier molecular flexibility index (Phi) is 3.18. The molecule has 0 aromatic rings.